The molecule has 0 spiro atoms. The van der Waals surface area contributed by atoms with Gasteiger partial charge in [-0.3, -0.25) is 9.59 Å². The number of hydrogen-bond acceptors (Lipinski definition) is 5. The first-order valence-electron chi connectivity index (χ1n) is 11.5. The van der Waals surface area contributed by atoms with Gasteiger partial charge in [0.25, 0.3) is 0 Å². The minimum Gasteiger partial charge on any atom is -0.394 e. The van der Waals surface area contributed by atoms with Crippen LogP contribution in [0, 0.1) is 5.92 Å². The molecule has 0 aliphatic rings. The third kappa shape index (κ3) is 12.6. The number of aliphatic hydroxyl groups excluding tert-OH is 3. The molecule has 0 aliphatic carbocycles. The second-order valence-corrected chi connectivity index (χ2v) is 8.04. The van der Waals surface area contributed by atoms with Crippen molar-refractivity contribution in [1.82, 2.24) is 0 Å². The summed E-state index contributed by atoms with van der Waals surface area (Å²) < 4.78 is 0. The molecule has 0 saturated carbocycles. The van der Waals surface area contributed by atoms with Gasteiger partial charge in [-0.2, -0.15) is 0 Å². The van der Waals surface area contributed by atoms with Crippen LogP contribution in [0.2, 0.25) is 0 Å². The molecule has 0 fully saturated rings. The Morgan fingerprint density at radius 2 is 1.18 bits per heavy atom. The van der Waals surface area contributed by atoms with Crippen LogP contribution in [-0.4, -0.2) is 45.7 Å². The summed E-state index contributed by atoms with van der Waals surface area (Å²) in [5, 5.41) is 28.5. The zero-order valence-electron chi connectivity index (χ0n) is 18.2. The lowest BCUT2D eigenvalue weighted by Gasteiger charge is -2.21. The lowest BCUT2D eigenvalue weighted by atomic mass is 9.86. The molecular weight excluding hydrogens is 356 g/mol. The fraction of sp³-hybridized carbons (Fsp3) is 0.913. The summed E-state index contributed by atoms with van der Waals surface area (Å²) in [6, 6.07) is 0. The van der Waals surface area contributed by atoms with E-state index in [9.17, 15) is 19.8 Å². The van der Waals surface area contributed by atoms with Crippen LogP contribution in [0.15, 0.2) is 0 Å². The van der Waals surface area contributed by atoms with Gasteiger partial charge in [-0.05, 0) is 12.8 Å². The Labute approximate surface area is 171 Å². The van der Waals surface area contributed by atoms with Gasteiger partial charge >= 0.3 is 0 Å². The molecule has 3 unspecified atom stereocenters. The third-order valence-electron chi connectivity index (χ3n) is 5.45. The van der Waals surface area contributed by atoms with Gasteiger partial charge in [0.1, 0.15) is 18.0 Å². The van der Waals surface area contributed by atoms with Crippen molar-refractivity contribution in [2.45, 2.75) is 122 Å². The SMILES string of the molecule is CCCCCCCCCC(=O)C(CCCCCCCC)C(=O)C(O)C(O)CO. The van der Waals surface area contributed by atoms with Crippen LogP contribution in [0.5, 0.6) is 0 Å². The summed E-state index contributed by atoms with van der Waals surface area (Å²) in [5.74, 6) is -1.62. The summed E-state index contributed by atoms with van der Waals surface area (Å²) in [6.07, 6.45) is 11.6. The molecule has 0 aromatic heterocycles. The Bertz CT molecular complexity index is 396. The van der Waals surface area contributed by atoms with Crippen molar-refractivity contribution in [1.29, 1.82) is 0 Å². The van der Waals surface area contributed by atoms with Crippen molar-refractivity contribution in [2.24, 2.45) is 5.92 Å². The lowest BCUT2D eigenvalue weighted by Crippen LogP contribution is -2.42. The average molecular weight is 401 g/mol. The van der Waals surface area contributed by atoms with Gasteiger partial charge in [0.2, 0.25) is 0 Å². The van der Waals surface area contributed by atoms with Crippen LogP contribution < -0.4 is 0 Å². The van der Waals surface area contributed by atoms with Crippen molar-refractivity contribution < 1.29 is 24.9 Å². The van der Waals surface area contributed by atoms with E-state index in [4.69, 9.17) is 5.11 Å². The monoisotopic (exact) mass is 400 g/mol. The van der Waals surface area contributed by atoms with Crippen LogP contribution in [0.25, 0.3) is 0 Å². The van der Waals surface area contributed by atoms with Gasteiger partial charge in [-0.1, -0.05) is 90.9 Å². The van der Waals surface area contributed by atoms with Crippen molar-refractivity contribution in [3.63, 3.8) is 0 Å². The molecule has 0 amide bonds. The maximum atomic E-state index is 12.6. The van der Waals surface area contributed by atoms with Crippen molar-refractivity contribution in [3.05, 3.63) is 0 Å². The Hall–Kier alpha value is -0.780. The number of Topliss-reactive ketones (excluding diaryl/α,β-unsaturated/α-hetero) is 2. The number of rotatable bonds is 20. The predicted octanol–water partition coefficient (Wildman–Crippen LogP) is 4.35. The predicted molar refractivity (Wildman–Crippen MR) is 113 cm³/mol. The molecule has 0 aromatic rings. The molecule has 0 aliphatic heterocycles. The number of carbonyl (C=O) groups is 2. The van der Waals surface area contributed by atoms with Crippen LogP contribution in [0.3, 0.4) is 0 Å². The molecule has 0 rings (SSSR count). The topological polar surface area (TPSA) is 94.8 Å². The quantitative estimate of drug-likeness (QED) is 0.209. The molecule has 0 bridgehead atoms. The molecular formula is C23H44O5. The van der Waals surface area contributed by atoms with Gasteiger partial charge in [-0.15, -0.1) is 0 Å². The number of unbranched alkanes of at least 4 members (excludes halogenated alkanes) is 11. The van der Waals surface area contributed by atoms with Crippen molar-refractivity contribution >= 4 is 11.6 Å². The van der Waals surface area contributed by atoms with Gasteiger partial charge < -0.3 is 15.3 Å². The van der Waals surface area contributed by atoms with Crippen LogP contribution in [-0.2, 0) is 9.59 Å². The second-order valence-electron chi connectivity index (χ2n) is 8.04. The minimum absolute atomic E-state index is 0.128. The van der Waals surface area contributed by atoms with E-state index < -0.39 is 30.5 Å². The van der Waals surface area contributed by atoms with E-state index in [1.807, 2.05) is 0 Å². The summed E-state index contributed by atoms with van der Waals surface area (Å²) >= 11 is 0. The number of carbonyl (C=O) groups excluding carboxylic acids is 2. The van der Waals surface area contributed by atoms with Gasteiger partial charge in [-0.25, -0.2) is 0 Å². The van der Waals surface area contributed by atoms with E-state index in [0.717, 1.165) is 44.9 Å². The Morgan fingerprint density at radius 3 is 1.68 bits per heavy atom. The minimum atomic E-state index is -1.69. The molecule has 0 aromatic carbocycles. The molecule has 28 heavy (non-hydrogen) atoms. The fourth-order valence-electron chi connectivity index (χ4n) is 3.52. The molecule has 3 atom stereocenters. The van der Waals surface area contributed by atoms with Crippen LogP contribution >= 0.6 is 0 Å². The molecule has 3 N–H and O–H groups in total. The highest BCUT2D eigenvalue weighted by Gasteiger charge is 2.33. The number of aliphatic hydroxyl groups is 3. The van der Waals surface area contributed by atoms with Gasteiger partial charge in [0, 0.05) is 6.42 Å². The van der Waals surface area contributed by atoms with E-state index in [1.165, 1.54) is 38.5 Å². The molecule has 0 radical (unpaired) electrons. The maximum Gasteiger partial charge on any atom is 0.174 e. The molecule has 166 valence electrons. The summed E-state index contributed by atoms with van der Waals surface area (Å²) in [5.41, 5.74) is 0. The Kier molecular flexibility index (Phi) is 17.8. The zero-order chi connectivity index (χ0) is 21.2. The highest BCUT2D eigenvalue weighted by Crippen LogP contribution is 2.20. The Balaban J connectivity index is 4.47. The van der Waals surface area contributed by atoms with Gasteiger partial charge in [0.15, 0.2) is 5.78 Å². The normalized spacial score (nSPS) is 14.6. The largest absolute Gasteiger partial charge is 0.394 e. The van der Waals surface area contributed by atoms with Crippen LogP contribution in [0.4, 0.5) is 0 Å². The lowest BCUT2D eigenvalue weighted by molar-refractivity contribution is -0.144. The third-order valence-corrected chi connectivity index (χ3v) is 5.45. The van der Waals surface area contributed by atoms with E-state index in [1.54, 1.807) is 0 Å². The number of hydrogen-bond donors (Lipinski definition) is 3. The molecule has 0 heterocycles. The standard InChI is InChI=1S/C23H44O5/c1-3-5-7-9-11-13-15-17-20(25)19(16-14-12-10-8-6-4-2)22(27)23(28)21(26)18-24/h19,21,23-24,26,28H,3-18H2,1-2H3. The first kappa shape index (κ1) is 27.2. The molecule has 0 saturated heterocycles. The van der Waals surface area contributed by atoms with E-state index in [-0.39, 0.29) is 5.78 Å². The van der Waals surface area contributed by atoms with E-state index in [2.05, 4.69) is 13.8 Å². The summed E-state index contributed by atoms with van der Waals surface area (Å²) in [4.78, 5) is 25.1. The first-order chi connectivity index (χ1) is 13.5. The van der Waals surface area contributed by atoms with Crippen LogP contribution in [0.1, 0.15) is 110 Å². The summed E-state index contributed by atoms with van der Waals surface area (Å²) in [7, 11) is 0. The highest BCUT2D eigenvalue weighted by atomic mass is 16.4. The average Bonchev–Trinajstić information content (AvgIpc) is 2.70. The van der Waals surface area contributed by atoms with Crippen molar-refractivity contribution in [2.75, 3.05) is 6.61 Å². The van der Waals surface area contributed by atoms with Gasteiger partial charge in [0.05, 0.1) is 12.5 Å². The van der Waals surface area contributed by atoms with E-state index >= 15 is 0 Å². The maximum absolute atomic E-state index is 12.6. The smallest absolute Gasteiger partial charge is 0.174 e. The highest BCUT2D eigenvalue weighted by molar-refractivity contribution is 6.04. The first-order valence-corrected chi connectivity index (χ1v) is 11.5. The molecule has 5 nitrogen and oxygen atoms in total. The molecule has 5 heteroatoms. The fourth-order valence-corrected chi connectivity index (χ4v) is 3.52. The zero-order valence-corrected chi connectivity index (χ0v) is 18.2. The second kappa shape index (κ2) is 18.3. The Morgan fingerprint density at radius 1 is 0.714 bits per heavy atom. The summed E-state index contributed by atoms with van der Waals surface area (Å²) in [6.45, 7) is 3.65. The van der Waals surface area contributed by atoms with E-state index in [0.29, 0.717) is 12.8 Å². The van der Waals surface area contributed by atoms with Crippen molar-refractivity contribution in [3.8, 4) is 0 Å². The number of ketones is 2.